The Morgan fingerprint density at radius 1 is 1.11 bits per heavy atom. The lowest BCUT2D eigenvalue weighted by Gasteiger charge is -2.16. The SMILES string of the molecule is CC(C)(Br)C(=O)Nc1ccc(C(=O)O)c(C(=O)O)c1. The largest absolute Gasteiger partial charge is 0.478 e. The summed E-state index contributed by atoms with van der Waals surface area (Å²) >= 11 is 3.16. The summed E-state index contributed by atoms with van der Waals surface area (Å²) in [7, 11) is 0. The summed E-state index contributed by atoms with van der Waals surface area (Å²) < 4.78 is -0.818. The molecule has 0 atom stereocenters. The highest BCUT2D eigenvalue weighted by molar-refractivity contribution is 9.10. The lowest BCUT2D eigenvalue weighted by molar-refractivity contribution is -0.117. The van der Waals surface area contributed by atoms with E-state index >= 15 is 0 Å². The maximum Gasteiger partial charge on any atom is 0.336 e. The smallest absolute Gasteiger partial charge is 0.336 e. The van der Waals surface area contributed by atoms with Gasteiger partial charge in [-0.3, -0.25) is 4.79 Å². The molecule has 3 N–H and O–H groups in total. The number of amides is 1. The Morgan fingerprint density at radius 3 is 2.05 bits per heavy atom. The van der Waals surface area contributed by atoms with Crippen molar-refractivity contribution < 1.29 is 24.6 Å². The van der Waals surface area contributed by atoms with E-state index in [0.29, 0.717) is 0 Å². The summed E-state index contributed by atoms with van der Waals surface area (Å²) in [5.41, 5.74) is -0.485. The zero-order valence-corrected chi connectivity index (χ0v) is 11.8. The minimum atomic E-state index is -1.37. The number of hydrogen-bond donors (Lipinski definition) is 3. The van der Waals surface area contributed by atoms with E-state index < -0.39 is 16.3 Å². The molecule has 6 nitrogen and oxygen atoms in total. The molecule has 0 spiro atoms. The third-order valence-electron chi connectivity index (χ3n) is 2.28. The van der Waals surface area contributed by atoms with Gasteiger partial charge in [-0.05, 0) is 32.0 Å². The van der Waals surface area contributed by atoms with Crippen LogP contribution in [0.2, 0.25) is 0 Å². The van der Waals surface area contributed by atoms with Crippen LogP contribution in [-0.4, -0.2) is 32.4 Å². The van der Waals surface area contributed by atoms with Crippen LogP contribution in [0, 0.1) is 0 Å². The second-order valence-electron chi connectivity index (χ2n) is 4.30. The zero-order chi connectivity index (χ0) is 14.8. The van der Waals surface area contributed by atoms with Crippen molar-refractivity contribution >= 4 is 39.5 Å². The maximum absolute atomic E-state index is 11.7. The van der Waals surface area contributed by atoms with Gasteiger partial charge in [-0.2, -0.15) is 0 Å². The number of halogens is 1. The fourth-order valence-corrected chi connectivity index (χ4v) is 1.36. The van der Waals surface area contributed by atoms with Crippen LogP contribution in [-0.2, 0) is 4.79 Å². The third kappa shape index (κ3) is 3.78. The second kappa shape index (κ2) is 5.40. The number of carbonyl (C=O) groups is 3. The molecule has 0 fully saturated rings. The molecule has 1 amide bonds. The van der Waals surface area contributed by atoms with Gasteiger partial charge in [0.2, 0.25) is 5.91 Å². The first-order chi connectivity index (χ1) is 8.62. The Hall–Kier alpha value is -1.89. The third-order valence-corrected chi connectivity index (χ3v) is 2.64. The number of carboxylic acid groups (broad SMARTS) is 2. The molecule has 0 heterocycles. The van der Waals surface area contributed by atoms with Crippen LogP contribution in [0.15, 0.2) is 18.2 Å². The number of anilines is 1. The van der Waals surface area contributed by atoms with Crippen molar-refractivity contribution in [2.45, 2.75) is 18.2 Å². The lowest BCUT2D eigenvalue weighted by Crippen LogP contribution is -2.31. The summed E-state index contributed by atoms with van der Waals surface area (Å²) in [6, 6.07) is 3.59. The summed E-state index contributed by atoms with van der Waals surface area (Å²) in [6.07, 6.45) is 0. The molecule has 0 aliphatic carbocycles. The highest BCUT2D eigenvalue weighted by Crippen LogP contribution is 2.21. The Morgan fingerprint density at radius 2 is 1.63 bits per heavy atom. The molecule has 7 heteroatoms. The highest BCUT2D eigenvalue weighted by atomic mass is 79.9. The molecule has 0 saturated carbocycles. The number of aromatic carboxylic acids is 2. The Balaban J connectivity index is 3.13. The predicted molar refractivity (Wildman–Crippen MR) is 72.0 cm³/mol. The summed E-state index contributed by atoms with van der Waals surface area (Å²) in [6.45, 7) is 3.26. The number of alkyl halides is 1. The van der Waals surface area contributed by atoms with E-state index in [1.54, 1.807) is 13.8 Å². The molecule has 1 rings (SSSR count). The fraction of sp³-hybridized carbons (Fsp3) is 0.250. The standard InChI is InChI=1S/C12H12BrNO5/c1-12(2,13)11(19)14-6-3-4-7(9(15)16)8(5-6)10(17)18/h3-5H,1-2H3,(H,14,19)(H,15,16)(H,17,18). The number of benzene rings is 1. The van der Waals surface area contributed by atoms with Gasteiger partial charge in [0.05, 0.1) is 15.5 Å². The van der Waals surface area contributed by atoms with Crippen molar-refractivity contribution in [2.24, 2.45) is 0 Å². The second-order valence-corrected chi connectivity index (χ2v) is 6.28. The van der Waals surface area contributed by atoms with Gasteiger partial charge >= 0.3 is 11.9 Å². The first-order valence-electron chi connectivity index (χ1n) is 5.24. The van der Waals surface area contributed by atoms with Gasteiger partial charge in [-0.25, -0.2) is 9.59 Å². The van der Waals surface area contributed by atoms with Gasteiger partial charge in [0, 0.05) is 5.69 Å². The van der Waals surface area contributed by atoms with E-state index in [9.17, 15) is 14.4 Å². The molecule has 0 radical (unpaired) electrons. The van der Waals surface area contributed by atoms with Crippen LogP contribution >= 0.6 is 15.9 Å². The van der Waals surface area contributed by atoms with Crippen LogP contribution in [0.25, 0.3) is 0 Å². The van der Waals surface area contributed by atoms with E-state index in [-0.39, 0.29) is 22.7 Å². The topological polar surface area (TPSA) is 104 Å². The minimum absolute atomic E-state index is 0.222. The molecule has 0 unspecified atom stereocenters. The van der Waals surface area contributed by atoms with Crippen molar-refractivity contribution in [3.05, 3.63) is 29.3 Å². The normalized spacial score (nSPS) is 10.9. The van der Waals surface area contributed by atoms with E-state index in [2.05, 4.69) is 21.2 Å². The van der Waals surface area contributed by atoms with Gasteiger partial charge < -0.3 is 15.5 Å². The predicted octanol–water partition coefficient (Wildman–Crippen LogP) is 2.20. The quantitative estimate of drug-likeness (QED) is 0.734. The first kappa shape index (κ1) is 15.2. The van der Waals surface area contributed by atoms with Gasteiger partial charge in [-0.15, -0.1) is 0 Å². The Labute approximate surface area is 117 Å². The highest BCUT2D eigenvalue weighted by Gasteiger charge is 2.24. The number of carbonyl (C=O) groups excluding carboxylic acids is 1. The molecule has 0 saturated heterocycles. The van der Waals surface area contributed by atoms with Crippen LogP contribution in [0.3, 0.4) is 0 Å². The Kier molecular flexibility index (Phi) is 4.31. The van der Waals surface area contributed by atoms with Crippen molar-refractivity contribution in [1.29, 1.82) is 0 Å². The molecular weight excluding hydrogens is 318 g/mol. The van der Waals surface area contributed by atoms with E-state index in [4.69, 9.17) is 10.2 Å². The number of carboxylic acids is 2. The number of rotatable bonds is 4. The van der Waals surface area contributed by atoms with E-state index in [0.717, 1.165) is 12.1 Å². The minimum Gasteiger partial charge on any atom is -0.478 e. The molecule has 1 aromatic rings. The fourth-order valence-electron chi connectivity index (χ4n) is 1.27. The zero-order valence-electron chi connectivity index (χ0n) is 10.2. The molecular formula is C12H12BrNO5. The number of hydrogen-bond acceptors (Lipinski definition) is 3. The lowest BCUT2D eigenvalue weighted by atomic mass is 10.1. The average Bonchev–Trinajstić information content (AvgIpc) is 2.27. The van der Waals surface area contributed by atoms with Crippen molar-refractivity contribution in [2.75, 3.05) is 5.32 Å². The monoisotopic (exact) mass is 329 g/mol. The molecule has 0 aromatic heterocycles. The summed E-state index contributed by atoms with van der Waals surface area (Å²) in [4.78, 5) is 33.5. The molecule has 19 heavy (non-hydrogen) atoms. The molecule has 0 bridgehead atoms. The van der Waals surface area contributed by atoms with Crippen molar-refractivity contribution in [3.8, 4) is 0 Å². The molecule has 0 aliphatic rings. The van der Waals surface area contributed by atoms with E-state index in [1.807, 2.05) is 0 Å². The van der Waals surface area contributed by atoms with Crippen LogP contribution in [0.5, 0.6) is 0 Å². The summed E-state index contributed by atoms with van der Waals surface area (Å²) in [5, 5.41) is 20.3. The molecule has 1 aromatic carbocycles. The van der Waals surface area contributed by atoms with Gasteiger partial charge in [-0.1, -0.05) is 15.9 Å². The van der Waals surface area contributed by atoms with Crippen molar-refractivity contribution in [1.82, 2.24) is 0 Å². The summed E-state index contributed by atoms with van der Waals surface area (Å²) in [5.74, 6) is -3.07. The van der Waals surface area contributed by atoms with Crippen LogP contribution < -0.4 is 5.32 Å². The van der Waals surface area contributed by atoms with Crippen molar-refractivity contribution in [3.63, 3.8) is 0 Å². The average molecular weight is 330 g/mol. The van der Waals surface area contributed by atoms with Gasteiger partial charge in [0.1, 0.15) is 0 Å². The molecule has 102 valence electrons. The van der Waals surface area contributed by atoms with Crippen LogP contribution in [0.1, 0.15) is 34.6 Å². The van der Waals surface area contributed by atoms with Gasteiger partial charge in [0.25, 0.3) is 0 Å². The van der Waals surface area contributed by atoms with Gasteiger partial charge in [0.15, 0.2) is 0 Å². The molecule has 0 aliphatic heterocycles. The van der Waals surface area contributed by atoms with Crippen LogP contribution in [0.4, 0.5) is 5.69 Å². The first-order valence-corrected chi connectivity index (χ1v) is 6.03. The maximum atomic E-state index is 11.7. The number of nitrogens with one attached hydrogen (secondary N) is 1. The van der Waals surface area contributed by atoms with E-state index in [1.165, 1.54) is 6.07 Å². The Bertz CT molecular complexity index is 548.